The fourth-order valence-electron chi connectivity index (χ4n) is 4.20. The molecule has 3 amide bonds. The molecule has 2 atom stereocenters. The SMILES string of the molecule is CCc1ccc(C(C(=O)NC2CCCCC2)N(CC)C(=O)C(C)NC(=O)OC(C)(C)C)cc1. The third kappa shape index (κ3) is 8.06. The lowest BCUT2D eigenvalue weighted by Gasteiger charge is -2.34. The van der Waals surface area contributed by atoms with Gasteiger partial charge in [-0.1, -0.05) is 50.5 Å². The highest BCUT2D eigenvalue weighted by atomic mass is 16.6. The summed E-state index contributed by atoms with van der Waals surface area (Å²) in [4.78, 5) is 40.6. The average molecular weight is 460 g/mol. The van der Waals surface area contributed by atoms with Crippen LogP contribution in [0, 0.1) is 0 Å². The number of aryl methyl sites for hydroxylation is 1. The Bertz CT molecular complexity index is 795. The molecule has 184 valence electrons. The van der Waals surface area contributed by atoms with Crippen molar-refractivity contribution in [3.05, 3.63) is 35.4 Å². The lowest BCUT2D eigenvalue weighted by atomic mass is 9.94. The quantitative estimate of drug-likeness (QED) is 0.599. The molecule has 1 aromatic carbocycles. The van der Waals surface area contributed by atoms with Crippen molar-refractivity contribution >= 4 is 17.9 Å². The maximum atomic E-state index is 13.5. The molecule has 0 aromatic heterocycles. The van der Waals surface area contributed by atoms with Gasteiger partial charge < -0.3 is 20.3 Å². The Morgan fingerprint density at radius 2 is 1.67 bits per heavy atom. The zero-order valence-electron chi connectivity index (χ0n) is 21.1. The molecule has 7 nitrogen and oxygen atoms in total. The summed E-state index contributed by atoms with van der Waals surface area (Å²) in [5, 5.41) is 5.79. The van der Waals surface area contributed by atoms with Gasteiger partial charge in [-0.15, -0.1) is 0 Å². The van der Waals surface area contributed by atoms with Crippen LogP contribution in [0.2, 0.25) is 0 Å². The van der Waals surface area contributed by atoms with Gasteiger partial charge in [0.05, 0.1) is 0 Å². The van der Waals surface area contributed by atoms with Gasteiger partial charge in [0.25, 0.3) is 0 Å². The van der Waals surface area contributed by atoms with Crippen LogP contribution in [0.4, 0.5) is 4.79 Å². The van der Waals surface area contributed by atoms with Gasteiger partial charge in [-0.2, -0.15) is 0 Å². The Morgan fingerprint density at radius 1 is 1.06 bits per heavy atom. The van der Waals surface area contributed by atoms with Crippen molar-refractivity contribution in [2.24, 2.45) is 0 Å². The highest BCUT2D eigenvalue weighted by molar-refractivity contribution is 5.92. The Morgan fingerprint density at radius 3 is 2.18 bits per heavy atom. The number of nitrogens with one attached hydrogen (secondary N) is 2. The predicted molar refractivity (Wildman–Crippen MR) is 130 cm³/mol. The molecule has 0 bridgehead atoms. The molecule has 0 radical (unpaired) electrons. The fraction of sp³-hybridized carbons (Fsp3) is 0.654. The standard InChI is InChI=1S/C26H41N3O4/c1-7-19-14-16-20(17-15-19)22(23(30)28-21-12-10-9-11-13-21)29(8-2)24(31)18(3)27-25(32)33-26(4,5)6/h14-18,21-22H,7-13H2,1-6H3,(H,27,32)(H,28,30). The minimum absolute atomic E-state index is 0.134. The molecule has 2 N–H and O–H groups in total. The van der Waals surface area contributed by atoms with Gasteiger partial charge in [0, 0.05) is 12.6 Å². The topological polar surface area (TPSA) is 87.7 Å². The number of amides is 3. The molecular weight excluding hydrogens is 418 g/mol. The first-order valence-electron chi connectivity index (χ1n) is 12.2. The molecule has 0 spiro atoms. The van der Waals surface area contributed by atoms with Gasteiger partial charge in [-0.25, -0.2) is 4.79 Å². The Labute approximate surface area is 198 Å². The molecule has 2 rings (SSSR count). The van der Waals surface area contributed by atoms with Crippen LogP contribution < -0.4 is 10.6 Å². The van der Waals surface area contributed by atoms with Crippen LogP contribution in [-0.4, -0.2) is 47.0 Å². The molecule has 7 heteroatoms. The van der Waals surface area contributed by atoms with E-state index in [0.29, 0.717) is 6.54 Å². The van der Waals surface area contributed by atoms with Crippen molar-refractivity contribution in [3.8, 4) is 0 Å². The van der Waals surface area contributed by atoms with Gasteiger partial charge in [-0.05, 0) is 65.0 Å². The van der Waals surface area contributed by atoms with Gasteiger partial charge >= 0.3 is 6.09 Å². The third-order valence-electron chi connectivity index (χ3n) is 5.94. The highest BCUT2D eigenvalue weighted by Gasteiger charge is 2.34. The lowest BCUT2D eigenvalue weighted by Crippen LogP contribution is -2.52. The lowest BCUT2D eigenvalue weighted by molar-refractivity contribution is -0.142. The average Bonchev–Trinajstić information content (AvgIpc) is 2.76. The summed E-state index contributed by atoms with van der Waals surface area (Å²) in [6, 6.07) is 6.37. The molecule has 0 aliphatic heterocycles. The van der Waals surface area contributed by atoms with E-state index in [4.69, 9.17) is 4.74 Å². The van der Waals surface area contributed by atoms with Crippen molar-refractivity contribution in [2.45, 2.75) is 104 Å². The molecule has 33 heavy (non-hydrogen) atoms. The number of carbonyl (C=O) groups is 3. The van der Waals surface area contributed by atoms with Crippen molar-refractivity contribution in [2.75, 3.05) is 6.54 Å². The number of hydrogen-bond donors (Lipinski definition) is 2. The molecule has 2 unspecified atom stereocenters. The fourth-order valence-corrected chi connectivity index (χ4v) is 4.20. The maximum absolute atomic E-state index is 13.5. The first-order chi connectivity index (χ1) is 15.6. The van der Waals surface area contributed by atoms with Crippen LogP contribution in [0.1, 0.15) is 90.8 Å². The van der Waals surface area contributed by atoms with Crippen LogP contribution in [0.5, 0.6) is 0 Å². The number of alkyl carbamates (subject to hydrolysis) is 1. The van der Waals surface area contributed by atoms with Gasteiger partial charge in [0.2, 0.25) is 11.8 Å². The van der Waals surface area contributed by atoms with E-state index >= 15 is 0 Å². The molecule has 1 aliphatic rings. The first-order valence-corrected chi connectivity index (χ1v) is 12.2. The minimum atomic E-state index is -0.834. The highest BCUT2D eigenvalue weighted by Crippen LogP contribution is 2.25. The Balaban J connectivity index is 2.26. The molecule has 0 heterocycles. The van der Waals surface area contributed by atoms with E-state index in [9.17, 15) is 14.4 Å². The van der Waals surface area contributed by atoms with E-state index in [1.807, 2.05) is 31.2 Å². The summed E-state index contributed by atoms with van der Waals surface area (Å²) < 4.78 is 5.29. The summed E-state index contributed by atoms with van der Waals surface area (Å²) in [5.74, 6) is -0.502. The van der Waals surface area contributed by atoms with Crippen LogP contribution in [-0.2, 0) is 20.7 Å². The van der Waals surface area contributed by atoms with E-state index in [1.54, 1.807) is 32.6 Å². The number of likely N-dealkylation sites (N-methyl/N-ethyl adjacent to an activating group) is 1. The summed E-state index contributed by atoms with van der Waals surface area (Å²) >= 11 is 0. The normalized spacial score (nSPS) is 16.4. The summed E-state index contributed by atoms with van der Waals surface area (Å²) in [5.41, 5.74) is 1.26. The van der Waals surface area contributed by atoms with Crippen LogP contribution in [0.3, 0.4) is 0 Å². The summed E-state index contributed by atoms with van der Waals surface area (Å²) in [6.07, 6.45) is 5.57. The minimum Gasteiger partial charge on any atom is -0.444 e. The van der Waals surface area contributed by atoms with Crippen molar-refractivity contribution in [3.63, 3.8) is 0 Å². The summed E-state index contributed by atoms with van der Waals surface area (Å²) in [6.45, 7) is 11.2. The Kier molecular flexibility index (Phi) is 9.74. The third-order valence-corrected chi connectivity index (χ3v) is 5.94. The molecule has 1 aromatic rings. The smallest absolute Gasteiger partial charge is 0.408 e. The van der Waals surface area contributed by atoms with Gasteiger partial charge in [-0.3, -0.25) is 9.59 Å². The largest absolute Gasteiger partial charge is 0.444 e. The summed E-state index contributed by atoms with van der Waals surface area (Å²) in [7, 11) is 0. The molecule has 1 aliphatic carbocycles. The van der Waals surface area contributed by atoms with E-state index in [2.05, 4.69) is 17.6 Å². The molecule has 1 fully saturated rings. The van der Waals surface area contributed by atoms with E-state index < -0.39 is 23.8 Å². The number of carbonyl (C=O) groups excluding carboxylic acids is 3. The second kappa shape index (κ2) is 12.1. The van der Waals surface area contributed by atoms with Crippen molar-refractivity contribution in [1.82, 2.24) is 15.5 Å². The number of ether oxygens (including phenoxy) is 1. The number of hydrogen-bond acceptors (Lipinski definition) is 4. The van der Waals surface area contributed by atoms with E-state index in [-0.39, 0.29) is 17.9 Å². The number of rotatable bonds is 8. The van der Waals surface area contributed by atoms with Crippen LogP contribution >= 0.6 is 0 Å². The van der Waals surface area contributed by atoms with E-state index in [1.165, 1.54) is 12.0 Å². The van der Waals surface area contributed by atoms with Crippen molar-refractivity contribution in [1.29, 1.82) is 0 Å². The molecule has 1 saturated carbocycles. The second-order valence-corrected chi connectivity index (χ2v) is 9.83. The van der Waals surface area contributed by atoms with Crippen LogP contribution in [0.15, 0.2) is 24.3 Å². The number of benzene rings is 1. The monoisotopic (exact) mass is 459 g/mol. The van der Waals surface area contributed by atoms with Crippen molar-refractivity contribution < 1.29 is 19.1 Å². The second-order valence-electron chi connectivity index (χ2n) is 9.83. The number of nitrogens with zero attached hydrogens (tertiary/aromatic N) is 1. The van der Waals surface area contributed by atoms with Crippen LogP contribution in [0.25, 0.3) is 0 Å². The predicted octanol–water partition coefficient (Wildman–Crippen LogP) is 4.50. The first kappa shape index (κ1) is 26.7. The van der Waals surface area contributed by atoms with E-state index in [0.717, 1.165) is 37.7 Å². The van der Waals surface area contributed by atoms with Gasteiger partial charge in [0.15, 0.2) is 0 Å². The molecular formula is C26H41N3O4. The Hall–Kier alpha value is -2.57. The molecule has 0 saturated heterocycles. The van der Waals surface area contributed by atoms with Gasteiger partial charge in [0.1, 0.15) is 17.7 Å². The maximum Gasteiger partial charge on any atom is 0.408 e. The zero-order chi connectivity index (χ0) is 24.6. The zero-order valence-corrected chi connectivity index (χ0v) is 21.1.